The lowest BCUT2D eigenvalue weighted by molar-refractivity contribution is -0.117. The van der Waals surface area contributed by atoms with Gasteiger partial charge < -0.3 is 14.2 Å². The second-order valence-electron chi connectivity index (χ2n) is 6.06. The Kier molecular flexibility index (Phi) is 5.81. The van der Waals surface area contributed by atoms with Gasteiger partial charge in [-0.05, 0) is 31.2 Å². The number of anilines is 1. The minimum Gasteiger partial charge on any atom is -0.496 e. The highest BCUT2D eigenvalue weighted by atomic mass is 32.2. The number of amides is 1. The molecule has 1 amide bonds. The van der Waals surface area contributed by atoms with Gasteiger partial charge in [0.15, 0.2) is 11.0 Å². The number of hydrogen-bond donors (Lipinski definition) is 0. The summed E-state index contributed by atoms with van der Waals surface area (Å²) in [6, 6.07) is 17.3. The number of nitrogens with zero attached hydrogens (tertiary/aromatic N) is 4. The summed E-state index contributed by atoms with van der Waals surface area (Å²) < 4.78 is 7.30. The van der Waals surface area contributed by atoms with Crippen LogP contribution in [0.2, 0.25) is 0 Å². The van der Waals surface area contributed by atoms with Gasteiger partial charge in [-0.1, -0.05) is 42.1 Å². The molecule has 0 aliphatic rings. The van der Waals surface area contributed by atoms with Gasteiger partial charge in [-0.15, -0.1) is 10.2 Å². The van der Waals surface area contributed by atoms with E-state index in [0.29, 0.717) is 11.0 Å². The van der Waals surface area contributed by atoms with E-state index in [0.717, 1.165) is 17.0 Å². The summed E-state index contributed by atoms with van der Waals surface area (Å²) >= 11 is 1.39. The van der Waals surface area contributed by atoms with Crippen molar-refractivity contribution in [3.63, 3.8) is 0 Å². The Labute approximate surface area is 163 Å². The molecule has 0 unspecified atom stereocenters. The first-order valence-corrected chi connectivity index (χ1v) is 9.43. The van der Waals surface area contributed by atoms with Gasteiger partial charge in [0.1, 0.15) is 5.75 Å². The van der Waals surface area contributed by atoms with Crippen LogP contribution in [-0.2, 0) is 11.8 Å². The number of para-hydroxylation sites is 2. The monoisotopic (exact) mass is 382 g/mol. The molecule has 0 aliphatic carbocycles. The van der Waals surface area contributed by atoms with E-state index in [-0.39, 0.29) is 11.2 Å². The summed E-state index contributed by atoms with van der Waals surface area (Å²) in [5.41, 5.74) is 1.73. The van der Waals surface area contributed by atoms with Crippen LogP contribution in [0.4, 0.5) is 5.69 Å². The molecule has 1 aromatic heterocycles. The first-order valence-electron chi connectivity index (χ1n) is 8.55. The summed E-state index contributed by atoms with van der Waals surface area (Å²) in [5, 5.41) is 8.95. The minimum absolute atomic E-state index is 0.00745. The van der Waals surface area contributed by atoms with Crippen LogP contribution in [0.1, 0.15) is 6.92 Å². The highest BCUT2D eigenvalue weighted by molar-refractivity contribution is 8.00. The molecule has 1 heterocycles. The number of benzene rings is 2. The molecule has 0 N–H and O–H groups in total. The molecular formula is C20H22N4O2S. The van der Waals surface area contributed by atoms with E-state index >= 15 is 0 Å². The molecule has 0 aliphatic heterocycles. The van der Waals surface area contributed by atoms with Crippen molar-refractivity contribution in [1.29, 1.82) is 0 Å². The van der Waals surface area contributed by atoms with Gasteiger partial charge in [0.2, 0.25) is 5.91 Å². The fraction of sp³-hybridized carbons (Fsp3) is 0.250. The molecule has 7 heteroatoms. The third-order valence-electron chi connectivity index (χ3n) is 4.29. The number of rotatable bonds is 6. The van der Waals surface area contributed by atoms with Crippen LogP contribution in [-0.4, -0.2) is 40.1 Å². The zero-order valence-corrected chi connectivity index (χ0v) is 16.6. The molecule has 27 heavy (non-hydrogen) atoms. The molecule has 3 rings (SSSR count). The van der Waals surface area contributed by atoms with Crippen LogP contribution >= 0.6 is 11.8 Å². The molecule has 140 valence electrons. The van der Waals surface area contributed by atoms with E-state index in [4.69, 9.17) is 4.74 Å². The van der Waals surface area contributed by atoms with Crippen molar-refractivity contribution in [3.05, 3.63) is 54.6 Å². The van der Waals surface area contributed by atoms with Crippen molar-refractivity contribution in [2.45, 2.75) is 17.3 Å². The van der Waals surface area contributed by atoms with Crippen molar-refractivity contribution >= 4 is 23.4 Å². The molecule has 0 bridgehead atoms. The van der Waals surface area contributed by atoms with Crippen LogP contribution in [0.15, 0.2) is 59.8 Å². The predicted molar refractivity (Wildman–Crippen MR) is 108 cm³/mol. The number of methoxy groups -OCH3 is 1. The highest BCUT2D eigenvalue weighted by Gasteiger charge is 2.23. The lowest BCUT2D eigenvalue weighted by Gasteiger charge is -2.20. The summed E-state index contributed by atoms with van der Waals surface area (Å²) in [6.45, 7) is 1.88. The van der Waals surface area contributed by atoms with Crippen molar-refractivity contribution in [1.82, 2.24) is 14.8 Å². The average molecular weight is 382 g/mol. The lowest BCUT2D eigenvalue weighted by atomic mass is 10.2. The number of carbonyl (C=O) groups excluding carboxylic acids is 1. The number of hydrogen-bond acceptors (Lipinski definition) is 5. The smallest absolute Gasteiger partial charge is 0.240 e. The van der Waals surface area contributed by atoms with E-state index in [1.165, 1.54) is 11.8 Å². The van der Waals surface area contributed by atoms with Crippen LogP contribution < -0.4 is 9.64 Å². The molecule has 0 fully saturated rings. The van der Waals surface area contributed by atoms with E-state index in [1.807, 2.05) is 73.1 Å². The topological polar surface area (TPSA) is 60.3 Å². The van der Waals surface area contributed by atoms with Gasteiger partial charge in [0.05, 0.1) is 17.9 Å². The second-order valence-corrected chi connectivity index (χ2v) is 7.37. The maximum absolute atomic E-state index is 12.8. The molecule has 0 saturated carbocycles. The van der Waals surface area contributed by atoms with Gasteiger partial charge in [-0.3, -0.25) is 4.79 Å². The van der Waals surface area contributed by atoms with E-state index < -0.39 is 0 Å². The van der Waals surface area contributed by atoms with Gasteiger partial charge >= 0.3 is 0 Å². The maximum Gasteiger partial charge on any atom is 0.240 e. The van der Waals surface area contributed by atoms with E-state index in [9.17, 15) is 4.79 Å². The van der Waals surface area contributed by atoms with Crippen LogP contribution in [0.3, 0.4) is 0 Å². The Bertz CT molecular complexity index is 927. The van der Waals surface area contributed by atoms with Crippen LogP contribution in [0, 0.1) is 0 Å². The minimum atomic E-state index is -0.302. The fourth-order valence-electron chi connectivity index (χ4n) is 2.74. The quantitative estimate of drug-likeness (QED) is 0.609. The van der Waals surface area contributed by atoms with Crippen molar-refractivity contribution in [2.24, 2.45) is 7.05 Å². The van der Waals surface area contributed by atoms with Crippen molar-refractivity contribution in [3.8, 4) is 17.1 Å². The zero-order valence-electron chi connectivity index (χ0n) is 15.8. The summed E-state index contributed by atoms with van der Waals surface area (Å²) in [4.78, 5) is 14.4. The van der Waals surface area contributed by atoms with Crippen LogP contribution in [0.5, 0.6) is 5.75 Å². The number of thioether (sulfide) groups is 1. The molecule has 0 spiro atoms. The molecule has 2 aromatic carbocycles. The van der Waals surface area contributed by atoms with Gasteiger partial charge in [-0.2, -0.15) is 0 Å². The van der Waals surface area contributed by atoms with Gasteiger partial charge in [-0.25, -0.2) is 0 Å². The average Bonchev–Trinajstić information content (AvgIpc) is 3.07. The first kappa shape index (κ1) is 19.0. The van der Waals surface area contributed by atoms with Gasteiger partial charge in [0, 0.05) is 19.8 Å². The molecule has 1 atom stereocenters. The highest BCUT2D eigenvalue weighted by Crippen LogP contribution is 2.31. The maximum atomic E-state index is 12.8. The zero-order chi connectivity index (χ0) is 19.4. The Morgan fingerprint density at radius 3 is 2.48 bits per heavy atom. The normalized spacial score (nSPS) is 11.9. The lowest BCUT2D eigenvalue weighted by Crippen LogP contribution is -2.33. The van der Waals surface area contributed by atoms with E-state index in [1.54, 1.807) is 19.1 Å². The molecule has 0 radical (unpaired) electrons. The fourth-order valence-corrected chi connectivity index (χ4v) is 3.65. The molecular weight excluding hydrogens is 360 g/mol. The summed E-state index contributed by atoms with van der Waals surface area (Å²) in [7, 11) is 5.30. The Morgan fingerprint density at radius 1 is 1.11 bits per heavy atom. The predicted octanol–water partition coefficient (Wildman–Crippen LogP) is 3.63. The number of ether oxygens (including phenoxy) is 1. The first-order chi connectivity index (χ1) is 13.0. The van der Waals surface area contributed by atoms with Crippen LogP contribution in [0.25, 0.3) is 11.4 Å². The Morgan fingerprint density at radius 2 is 1.78 bits per heavy atom. The van der Waals surface area contributed by atoms with Crippen molar-refractivity contribution < 1.29 is 9.53 Å². The molecule has 3 aromatic rings. The molecule has 0 saturated heterocycles. The Hall–Kier alpha value is -2.80. The third-order valence-corrected chi connectivity index (χ3v) is 5.41. The summed E-state index contributed by atoms with van der Waals surface area (Å²) in [5.74, 6) is 1.44. The molecule has 6 nitrogen and oxygen atoms in total. The number of carbonyl (C=O) groups is 1. The van der Waals surface area contributed by atoms with E-state index in [2.05, 4.69) is 10.2 Å². The Balaban J connectivity index is 1.78. The van der Waals surface area contributed by atoms with Gasteiger partial charge in [0.25, 0.3) is 0 Å². The SMILES string of the molecule is COc1ccccc1-c1nnc(S[C@@H](C)C(=O)N(C)c2ccccc2)n1C. The third kappa shape index (κ3) is 3.98. The second kappa shape index (κ2) is 8.26. The van der Waals surface area contributed by atoms with Crippen molar-refractivity contribution in [2.75, 3.05) is 19.1 Å². The standard InChI is InChI=1S/C20H22N4O2S/c1-14(19(25)23(2)15-10-6-5-7-11-15)27-20-22-21-18(24(20)3)16-12-8-9-13-17(16)26-4/h5-14H,1-4H3/t14-/m0/s1. The number of aromatic nitrogens is 3. The summed E-state index contributed by atoms with van der Waals surface area (Å²) in [6.07, 6.45) is 0. The largest absolute Gasteiger partial charge is 0.496 e.